The zero-order valence-corrected chi connectivity index (χ0v) is 26.2. The highest BCUT2D eigenvalue weighted by Gasteiger charge is 2.32. The van der Waals surface area contributed by atoms with Crippen LogP contribution in [-0.4, -0.2) is 69.2 Å². The lowest BCUT2D eigenvalue weighted by Crippen LogP contribution is -2.48. The zero-order valence-electron chi connectivity index (χ0n) is 24.5. The van der Waals surface area contributed by atoms with Crippen LogP contribution in [0.1, 0.15) is 10.4 Å². The van der Waals surface area contributed by atoms with Gasteiger partial charge in [0.2, 0.25) is 5.91 Å². The van der Waals surface area contributed by atoms with Crippen LogP contribution in [0.4, 0.5) is 11.4 Å². The highest BCUT2D eigenvalue weighted by molar-refractivity contribution is 8.00. The van der Waals surface area contributed by atoms with E-state index in [1.807, 2.05) is 47.4 Å². The number of methoxy groups -OCH3 is 1. The van der Waals surface area contributed by atoms with E-state index in [0.717, 1.165) is 17.4 Å². The largest absolute Gasteiger partial charge is 0.497 e. The molecule has 1 aliphatic rings. The van der Waals surface area contributed by atoms with Crippen molar-refractivity contribution in [2.24, 2.45) is 0 Å². The van der Waals surface area contributed by atoms with Gasteiger partial charge in [0.25, 0.3) is 5.91 Å². The molecular formula is C33H32N5O5S2+. The lowest BCUT2D eigenvalue weighted by molar-refractivity contribution is -0.526. The van der Waals surface area contributed by atoms with E-state index in [4.69, 9.17) is 4.74 Å². The number of aromatic amines is 1. The summed E-state index contributed by atoms with van der Waals surface area (Å²) < 4.78 is 33.6. The third kappa shape index (κ3) is 6.52. The Hall–Kier alpha value is -4.81. The van der Waals surface area contributed by atoms with Crippen LogP contribution in [0.15, 0.2) is 113 Å². The van der Waals surface area contributed by atoms with E-state index in [1.165, 1.54) is 3.97 Å². The van der Waals surface area contributed by atoms with Gasteiger partial charge in [0.05, 0.1) is 12.9 Å². The molecule has 5 aromatic rings. The van der Waals surface area contributed by atoms with E-state index in [2.05, 4.69) is 15.2 Å². The fourth-order valence-corrected chi connectivity index (χ4v) is 7.84. The van der Waals surface area contributed by atoms with Crippen molar-refractivity contribution in [3.8, 4) is 5.75 Å². The second kappa shape index (κ2) is 13.0. The van der Waals surface area contributed by atoms with Crippen molar-refractivity contribution in [3.05, 3.63) is 109 Å². The molecule has 0 unspecified atom stereocenters. The first-order valence-corrected chi connectivity index (χ1v) is 16.8. The Balaban J connectivity index is 1.07. The standard InChI is InChI=1S/C33H31N5O5S2/c1-43-27-9-7-8-24(22-27)32(40)37-20-18-36(19-21-37)26-16-14-25(15-17-26)34-31(39)23-44-33-35-29-12-5-6-13-30(29)38(33)45(41,42)28-10-3-2-4-11-28/h2-17,22H,18-21,23H2,1H3,(H,34,39)/p+1. The smallest absolute Gasteiger partial charge is 0.336 e. The number of nitrogens with one attached hydrogen (secondary N) is 2. The Morgan fingerprint density at radius 1 is 0.889 bits per heavy atom. The Morgan fingerprint density at radius 2 is 1.60 bits per heavy atom. The number of ether oxygens (including phenoxy) is 1. The molecule has 230 valence electrons. The predicted molar refractivity (Wildman–Crippen MR) is 174 cm³/mol. The number of fused-ring (bicyclic) bond motifs is 1. The minimum Gasteiger partial charge on any atom is -0.497 e. The molecule has 0 bridgehead atoms. The van der Waals surface area contributed by atoms with Crippen molar-refractivity contribution in [1.29, 1.82) is 0 Å². The van der Waals surface area contributed by atoms with Crippen LogP contribution in [0.3, 0.4) is 0 Å². The number of aromatic nitrogens is 2. The van der Waals surface area contributed by atoms with E-state index < -0.39 is 10.0 Å². The first-order valence-electron chi connectivity index (χ1n) is 14.4. The number of thioether (sulfide) groups is 1. The lowest BCUT2D eigenvalue weighted by Gasteiger charge is -2.36. The average molecular weight is 643 g/mol. The third-order valence-corrected chi connectivity index (χ3v) is 10.4. The van der Waals surface area contributed by atoms with Crippen LogP contribution in [-0.2, 0) is 14.8 Å². The normalized spacial score (nSPS) is 13.5. The fourth-order valence-electron chi connectivity index (χ4n) is 5.26. The molecule has 2 amide bonds. The SMILES string of the molecule is COc1cccc(C(=O)N2CCN(c3ccc(NC(=O)CSc4[nH]c5ccccc5[n+]4S(=O)(=O)c4ccccc4)cc3)CC2)c1. The molecule has 1 aromatic heterocycles. The summed E-state index contributed by atoms with van der Waals surface area (Å²) in [5.74, 6) is 0.380. The summed E-state index contributed by atoms with van der Waals surface area (Å²) in [4.78, 5) is 33.2. The van der Waals surface area contributed by atoms with Gasteiger partial charge in [0.1, 0.15) is 10.6 Å². The second-order valence-electron chi connectivity index (χ2n) is 10.4. The van der Waals surface area contributed by atoms with Crippen molar-refractivity contribution in [3.63, 3.8) is 0 Å². The Morgan fingerprint density at radius 3 is 2.33 bits per heavy atom. The molecule has 2 N–H and O–H groups in total. The molecule has 0 aliphatic carbocycles. The molecule has 1 saturated heterocycles. The number of nitrogens with zero attached hydrogens (tertiary/aromatic N) is 3. The van der Waals surface area contributed by atoms with E-state index in [1.54, 1.807) is 67.8 Å². The maximum absolute atomic E-state index is 13.6. The molecule has 2 heterocycles. The summed E-state index contributed by atoms with van der Waals surface area (Å²) >= 11 is 1.12. The number of hydrogen-bond acceptors (Lipinski definition) is 7. The minimum atomic E-state index is -3.90. The maximum atomic E-state index is 13.6. The monoisotopic (exact) mass is 642 g/mol. The van der Waals surface area contributed by atoms with Crippen LogP contribution < -0.4 is 18.9 Å². The van der Waals surface area contributed by atoms with Gasteiger partial charge in [-0.15, -0.1) is 3.97 Å². The molecule has 45 heavy (non-hydrogen) atoms. The van der Waals surface area contributed by atoms with Crippen molar-refractivity contribution in [1.82, 2.24) is 9.88 Å². The number of H-pyrrole nitrogens is 1. The van der Waals surface area contributed by atoms with Crippen LogP contribution in [0, 0.1) is 0 Å². The van der Waals surface area contributed by atoms with Gasteiger partial charge in [-0.25, -0.2) is 4.98 Å². The van der Waals surface area contributed by atoms with Crippen LogP contribution in [0.2, 0.25) is 0 Å². The van der Waals surface area contributed by atoms with Crippen LogP contribution >= 0.6 is 11.8 Å². The molecule has 0 atom stereocenters. The van der Waals surface area contributed by atoms with Crippen molar-refractivity contribution < 1.29 is 26.7 Å². The van der Waals surface area contributed by atoms with Gasteiger partial charge in [-0.2, -0.15) is 8.42 Å². The Labute approximate surface area is 265 Å². The summed E-state index contributed by atoms with van der Waals surface area (Å²) in [6.07, 6.45) is 0. The molecule has 6 rings (SSSR count). The predicted octanol–water partition coefficient (Wildman–Crippen LogP) is 4.39. The molecular weight excluding hydrogens is 611 g/mol. The number of carbonyl (C=O) groups excluding carboxylic acids is 2. The molecule has 4 aromatic carbocycles. The molecule has 10 nitrogen and oxygen atoms in total. The fraction of sp³-hybridized carbons (Fsp3) is 0.182. The number of carbonyl (C=O) groups is 2. The summed E-state index contributed by atoms with van der Waals surface area (Å²) in [6, 6.07) is 30.1. The quantitative estimate of drug-likeness (QED) is 0.181. The number of amides is 2. The first kappa shape index (κ1) is 30.2. The van der Waals surface area contributed by atoms with Crippen molar-refractivity contribution >= 4 is 56.0 Å². The minimum absolute atomic E-state index is 0.00214. The van der Waals surface area contributed by atoms with E-state index in [0.29, 0.717) is 59.4 Å². The third-order valence-electron chi connectivity index (χ3n) is 7.57. The number of anilines is 2. The van der Waals surface area contributed by atoms with Gasteiger partial charge in [-0.3, -0.25) is 9.59 Å². The summed E-state index contributed by atoms with van der Waals surface area (Å²) in [6.45, 7) is 2.57. The maximum Gasteiger partial charge on any atom is 0.336 e. The Bertz CT molecular complexity index is 1940. The average Bonchev–Trinajstić information content (AvgIpc) is 3.47. The molecule has 1 fully saturated rings. The van der Waals surface area contributed by atoms with Crippen molar-refractivity contribution in [2.75, 3.05) is 49.3 Å². The molecule has 0 radical (unpaired) electrons. The van der Waals surface area contributed by atoms with Gasteiger partial charge in [0.15, 0.2) is 11.0 Å². The Kier molecular flexibility index (Phi) is 8.76. The van der Waals surface area contributed by atoms with Crippen LogP contribution in [0.5, 0.6) is 5.75 Å². The van der Waals surface area contributed by atoms with E-state index in [9.17, 15) is 18.0 Å². The first-order chi connectivity index (χ1) is 21.8. The van der Waals surface area contributed by atoms with Crippen molar-refractivity contribution in [2.45, 2.75) is 10.1 Å². The summed E-state index contributed by atoms with van der Waals surface area (Å²) in [5.41, 5.74) is 3.41. The summed E-state index contributed by atoms with van der Waals surface area (Å²) in [7, 11) is -2.32. The summed E-state index contributed by atoms with van der Waals surface area (Å²) in [5, 5.41) is 3.24. The topological polar surface area (TPSA) is 116 Å². The lowest BCUT2D eigenvalue weighted by atomic mass is 10.1. The number of benzene rings is 4. The number of hydrogen-bond donors (Lipinski definition) is 2. The number of imidazole rings is 1. The van der Waals surface area contributed by atoms with Gasteiger partial charge < -0.3 is 19.9 Å². The molecule has 0 saturated carbocycles. The molecule has 12 heteroatoms. The zero-order chi connectivity index (χ0) is 31.4. The number of piperazine rings is 1. The van der Waals surface area contributed by atoms with Crippen LogP contribution in [0.25, 0.3) is 11.0 Å². The van der Waals surface area contributed by atoms with Gasteiger partial charge >= 0.3 is 15.2 Å². The van der Waals surface area contributed by atoms with E-state index >= 15 is 0 Å². The second-order valence-corrected chi connectivity index (χ2v) is 13.2. The number of rotatable bonds is 9. The van der Waals surface area contributed by atoms with Gasteiger partial charge in [0, 0.05) is 43.1 Å². The number of para-hydroxylation sites is 2. The highest BCUT2D eigenvalue weighted by atomic mass is 32.2. The van der Waals surface area contributed by atoms with Gasteiger partial charge in [-0.1, -0.05) is 36.4 Å². The highest BCUT2D eigenvalue weighted by Crippen LogP contribution is 2.24. The molecule has 1 aliphatic heterocycles. The molecule has 0 spiro atoms. The van der Waals surface area contributed by atoms with E-state index in [-0.39, 0.29) is 22.5 Å². The van der Waals surface area contributed by atoms with Gasteiger partial charge in [-0.05, 0) is 78.5 Å².